The van der Waals surface area contributed by atoms with E-state index in [1.165, 1.54) is 35.5 Å². The molecule has 0 radical (unpaired) electrons. The highest BCUT2D eigenvalue weighted by Crippen LogP contribution is 2.25. The van der Waals surface area contributed by atoms with Crippen molar-refractivity contribution >= 4 is 39.0 Å². The van der Waals surface area contributed by atoms with Gasteiger partial charge < -0.3 is 5.32 Å². The highest BCUT2D eigenvalue weighted by Gasteiger charge is 2.33. The lowest BCUT2D eigenvalue weighted by Gasteiger charge is -2.31. The van der Waals surface area contributed by atoms with Crippen LogP contribution in [-0.4, -0.2) is 37.5 Å². The topological polar surface area (TPSA) is 83.6 Å². The first kappa shape index (κ1) is 20.5. The molecule has 8 heteroatoms. The minimum Gasteiger partial charge on any atom is -0.326 e. The summed E-state index contributed by atoms with van der Waals surface area (Å²) < 4.78 is 27.1. The van der Waals surface area contributed by atoms with E-state index in [0.29, 0.717) is 35.7 Å². The van der Waals surface area contributed by atoms with Gasteiger partial charge in [0, 0.05) is 29.4 Å². The van der Waals surface area contributed by atoms with Crippen LogP contribution in [0.4, 0.5) is 5.69 Å². The van der Waals surface area contributed by atoms with Crippen molar-refractivity contribution in [3.8, 4) is 0 Å². The van der Waals surface area contributed by atoms with Gasteiger partial charge in [0.05, 0.1) is 10.8 Å². The molecule has 1 aliphatic heterocycles. The van der Waals surface area contributed by atoms with E-state index in [1.54, 1.807) is 24.3 Å². The average molecular weight is 421 g/mol. The van der Waals surface area contributed by atoms with Crippen LogP contribution in [0.15, 0.2) is 53.4 Å². The largest absolute Gasteiger partial charge is 0.326 e. The molecule has 0 spiro atoms. The summed E-state index contributed by atoms with van der Waals surface area (Å²) in [5.74, 6) is -0.803. The summed E-state index contributed by atoms with van der Waals surface area (Å²) in [6.07, 6.45) is 1.20. The number of halogens is 1. The second-order valence-electron chi connectivity index (χ2n) is 6.78. The van der Waals surface area contributed by atoms with Crippen molar-refractivity contribution < 1.29 is 18.0 Å². The second-order valence-corrected chi connectivity index (χ2v) is 9.16. The molecule has 1 heterocycles. The number of anilines is 1. The van der Waals surface area contributed by atoms with Gasteiger partial charge in [0.25, 0.3) is 0 Å². The molecule has 3 rings (SSSR count). The zero-order chi connectivity index (χ0) is 20.3. The number of sulfonamides is 1. The number of nitrogens with one attached hydrogen (secondary N) is 1. The summed E-state index contributed by atoms with van der Waals surface area (Å²) in [6.45, 7) is 1.94. The van der Waals surface area contributed by atoms with Crippen LogP contribution in [0.2, 0.25) is 5.02 Å². The molecular formula is C20H21ClN2O4S. The zero-order valence-electron chi connectivity index (χ0n) is 15.4. The predicted molar refractivity (Wildman–Crippen MR) is 108 cm³/mol. The van der Waals surface area contributed by atoms with E-state index >= 15 is 0 Å². The van der Waals surface area contributed by atoms with E-state index in [-0.39, 0.29) is 23.1 Å². The third-order valence-electron chi connectivity index (χ3n) is 4.74. The molecule has 148 valence electrons. The SMILES string of the molecule is CC(=O)c1cccc(NC(=O)[C@@H]2CCCN(S(=O)(=O)c3ccc(Cl)cc3)C2)c1. The Kier molecular flexibility index (Phi) is 6.17. The fraction of sp³-hybridized carbons (Fsp3) is 0.300. The molecule has 1 N–H and O–H groups in total. The number of ketones is 1. The van der Waals surface area contributed by atoms with Gasteiger partial charge in [-0.25, -0.2) is 8.42 Å². The van der Waals surface area contributed by atoms with Crippen LogP contribution >= 0.6 is 11.6 Å². The lowest BCUT2D eigenvalue weighted by atomic mass is 9.98. The first-order valence-corrected chi connectivity index (χ1v) is 10.8. The van der Waals surface area contributed by atoms with Crippen LogP contribution in [0.25, 0.3) is 0 Å². The van der Waals surface area contributed by atoms with E-state index in [4.69, 9.17) is 11.6 Å². The minimum atomic E-state index is -3.69. The molecule has 0 bridgehead atoms. The quantitative estimate of drug-likeness (QED) is 0.749. The third kappa shape index (κ3) is 4.60. The van der Waals surface area contributed by atoms with Gasteiger partial charge in [-0.3, -0.25) is 9.59 Å². The van der Waals surface area contributed by atoms with Gasteiger partial charge in [0.2, 0.25) is 15.9 Å². The Morgan fingerprint density at radius 3 is 2.54 bits per heavy atom. The van der Waals surface area contributed by atoms with Crippen LogP contribution in [0.5, 0.6) is 0 Å². The summed E-state index contributed by atoms with van der Waals surface area (Å²) >= 11 is 5.84. The molecule has 1 saturated heterocycles. The van der Waals surface area contributed by atoms with E-state index in [0.717, 1.165) is 0 Å². The van der Waals surface area contributed by atoms with Gasteiger partial charge >= 0.3 is 0 Å². The number of carbonyl (C=O) groups excluding carboxylic acids is 2. The van der Waals surface area contributed by atoms with E-state index < -0.39 is 15.9 Å². The van der Waals surface area contributed by atoms with E-state index in [1.807, 2.05) is 0 Å². The van der Waals surface area contributed by atoms with Crippen molar-refractivity contribution in [3.63, 3.8) is 0 Å². The maximum atomic E-state index is 12.9. The van der Waals surface area contributed by atoms with Crippen molar-refractivity contribution in [1.29, 1.82) is 0 Å². The van der Waals surface area contributed by atoms with Crippen molar-refractivity contribution in [3.05, 3.63) is 59.1 Å². The molecular weight excluding hydrogens is 400 g/mol. The van der Waals surface area contributed by atoms with Crippen LogP contribution in [0, 0.1) is 5.92 Å². The van der Waals surface area contributed by atoms with Crippen LogP contribution < -0.4 is 5.32 Å². The van der Waals surface area contributed by atoms with Gasteiger partial charge in [-0.05, 0) is 56.2 Å². The normalized spacial score (nSPS) is 17.9. The monoisotopic (exact) mass is 420 g/mol. The number of Topliss-reactive ketones (excluding diaryl/α,β-unsaturated/α-hetero) is 1. The van der Waals surface area contributed by atoms with Crippen LogP contribution in [0.3, 0.4) is 0 Å². The maximum absolute atomic E-state index is 12.9. The Morgan fingerprint density at radius 2 is 1.86 bits per heavy atom. The molecule has 6 nitrogen and oxygen atoms in total. The molecule has 0 aromatic heterocycles. The Morgan fingerprint density at radius 1 is 1.14 bits per heavy atom. The van der Waals surface area contributed by atoms with Gasteiger partial charge in [0.1, 0.15) is 0 Å². The molecule has 1 aliphatic rings. The molecule has 0 saturated carbocycles. The minimum absolute atomic E-state index is 0.0889. The molecule has 2 aromatic rings. The first-order valence-electron chi connectivity index (χ1n) is 8.95. The summed E-state index contributed by atoms with van der Waals surface area (Å²) in [5, 5.41) is 3.26. The summed E-state index contributed by atoms with van der Waals surface area (Å²) in [6, 6.07) is 12.7. The van der Waals surface area contributed by atoms with Crippen molar-refractivity contribution in [2.75, 3.05) is 18.4 Å². The van der Waals surface area contributed by atoms with Crippen LogP contribution in [-0.2, 0) is 14.8 Å². The molecule has 0 unspecified atom stereocenters. The fourth-order valence-corrected chi connectivity index (χ4v) is 4.84. The van der Waals surface area contributed by atoms with Gasteiger partial charge in [-0.15, -0.1) is 0 Å². The molecule has 28 heavy (non-hydrogen) atoms. The zero-order valence-corrected chi connectivity index (χ0v) is 17.0. The van der Waals surface area contributed by atoms with Gasteiger partial charge in [0.15, 0.2) is 5.78 Å². The van der Waals surface area contributed by atoms with Gasteiger partial charge in [-0.1, -0.05) is 23.7 Å². The van der Waals surface area contributed by atoms with Crippen molar-refractivity contribution in [2.24, 2.45) is 5.92 Å². The number of hydrogen-bond acceptors (Lipinski definition) is 4. The van der Waals surface area contributed by atoms with Crippen molar-refractivity contribution in [1.82, 2.24) is 4.31 Å². The highest BCUT2D eigenvalue weighted by molar-refractivity contribution is 7.89. The van der Waals surface area contributed by atoms with E-state index in [2.05, 4.69) is 5.32 Å². The summed E-state index contributed by atoms with van der Waals surface area (Å²) in [5.41, 5.74) is 1.03. The molecule has 1 atom stereocenters. The summed E-state index contributed by atoms with van der Waals surface area (Å²) in [4.78, 5) is 24.3. The summed E-state index contributed by atoms with van der Waals surface area (Å²) in [7, 11) is -3.69. The number of piperidine rings is 1. The number of nitrogens with zero attached hydrogens (tertiary/aromatic N) is 1. The lowest BCUT2D eigenvalue weighted by molar-refractivity contribution is -0.120. The Balaban J connectivity index is 1.72. The lowest BCUT2D eigenvalue weighted by Crippen LogP contribution is -2.43. The fourth-order valence-electron chi connectivity index (χ4n) is 3.19. The highest BCUT2D eigenvalue weighted by atomic mass is 35.5. The standard InChI is InChI=1S/C20H21ClN2O4S/c1-14(24)15-4-2-6-18(12-15)22-20(25)16-5-3-11-23(13-16)28(26,27)19-9-7-17(21)8-10-19/h2,4,6-10,12,16H,3,5,11,13H2,1H3,(H,22,25)/t16-/m1/s1. The number of rotatable bonds is 5. The Hall–Kier alpha value is -2.22. The first-order chi connectivity index (χ1) is 13.3. The maximum Gasteiger partial charge on any atom is 0.243 e. The van der Waals surface area contributed by atoms with Gasteiger partial charge in [-0.2, -0.15) is 4.31 Å². The van der Waals surface area contributed by atoms with E-state index in [9.17, 15) is 18.0 Å². The predicted octanol–water partition coefficient (Wildman–Crippen LogP) is 3.58. The number of amides is 1. The molecule has 1 fully saturated rings. The smallest absolute Gasteiger partial charge is 0.243 e. The van der Waals surface area contributed by atoms with Crippen molar-refractivity contribution in [2.45, 2.75) is 24.7 Å². The molecule has 2 aromatic carbocycles. The number of hydrogen-bond donors (Lipinski definition) is 1. The second kappa shape index (κ2) is 8.43. The Labute approximate surface area is 169 Å². The van der Waals surface area contributed by atoms with Crippen LogP contribution in [0.1, 0.15) is 30.1 Å². The molecule has 0 aliphatic carbocycles. The molecule has 1 amide bonds. The third-order valence-corrected chi connectivity index (χ3v) is 6.87. The number of benzene rings is 2. The number of carbonyl (C=O) groups is 2. The average Bonchev–Trinajstić information content (AvgIpc) is 2.68. The Bertz CT molecular complexity index is 990.